The van der Waals surface area contributed by atoms with Crippen LogP contribution in [-0.2, 0) is 30.5 Å². The summed E-state index contributed by atoms with van der Waals surface area (Å²) in [4.78, 5) is 14.3. The predicted octanol–water partition coefficient (Wildman–Crippen LogP) is 5.96. The quantitative estimate of drug-likeness (QED) is 0.219. The summed E-state index contributed by atoms with van der Waals surface area (Å²) in [5, 5.41) is 16.8. The van der Waals surface area contributed by atoms with E-state index in [1.807, 2.05) is 10.4 Å². The van der Waals surface area contributed by atoms with E-state index in [0.29, 0.717) is 33.8 Å². The minimum absolute atomic E-state index is 0.170. The van der Waals surface area contributed by atoms with Gasteiger partial charge in [0, 0.05) is 85.1 Å². The molecule has 48 heavy (non-hydrogen) atoms. The minimum Gasteiger partial charge on any atom is -0.367 e. The fraction of sp³-hybridized carbons (Fsp3) is 0.500. The molecule has 3 unspecified atom stereocenters. The van der Waals surface area contributed by atoms with Crippen LogP contribution in [0.2, 0.25) is 0 Å². The van der Waals surface area contributed by atoms with Crippen molar-refractivity contribution in [3.63, 3.8) is 0 Å². The fourth-order valence-corrected chi connectivity index (χ4v) is 9.66. The largest absolute Gasteiger partial charge is 0.393 e. The number of aryl methyl sites for hydroxylation is 1. The highest BCUT2D eigenvalue weighted by molar-refractivity contribution is 7.85. The number of hydrogen-bond acceptors (Lipinski definition) is 8. The number of likely N-dealkylation sites (tertiary alicyclic amines) is 1. The summed E-state index contributed by atoms with van der Waals surface area (Å²) in [5.41, 5.74) is 4.19. The van der Waals surface area contributed by atoms with E-state index in [0.717, 1.165) is 93.7 Å². The first-order valence-electron chi connectivity index (χ1n) is 16.4. The standard InChI is InChI=1S/C34H39F3N8OS2/c1-3-48(46)43-19-25-5-6-26(20-43)44(25)12-13-45-27(17-38)14-29-22(2)23(4-7-31(29)45)18-42-10-8-24(9-11-42)41-32-30-15-28(16-34(35,36)37)47-33(30)40-21-39-32/h3-4,7,14-15,21,24-26H,1,5-6,8-13,16,18-20H2,2H3,(H,39,40,41). The van der Waals surface area contributed by atoms with Gasteiger partial charge in [-0.15, -0.1) is 11.3 Å². The highest BCUT2D eigenvalue weighted by Crippen LogP contribution is 2.34. The molecule has 3 aliphatic heterocycles. The Hall–Kier alpha value is -3.35. The molecular formula is C34H39F3N8OS2. The number of nitriles is 1. The molecule has 0 spiro atoms. The molecule has 0 saturated carbocycles. The van der Waals surface area contributed by atoms with Gasteiger partial charge in [0.1, 0.15) is 39.7 Å². The van der Waals surface area contributed by atoms with Gasteiger partial charge in [-0.25, -0.2) is 18.5 Å². The third-order valence-corrected chi connectivity index (χ3v) is 12.4. The molecule has 3 atom stereocenters. The summed E-state index contributed by atoms with van der Waals surface area (Å²) in [6.45, 7) is 11.6. The molecule has 3 saturated heterocycles. The molecule has 7 rings (SSSR count). The molecule has 1 N–H and O–H groups in total. The van der Waals surface area contributed by atoms with Gasteiger partial charge in [-0.2, -0.15) is 18.4 Å². The maximum absolute atomic E-state index is 13.0. The monoisotopic (exact) mass is 696 g/mol. The highest BCUT2D eigenvalue weighted by atomic mass is 32.2. The number of benzene rings is 1. The van der Waals surface area contributed by atoms with E-state index in [9.17, 15) is 22.6 Å². The zero-order valence-corrected chi connectivity index (χ0v) is 28.5. The van der Waals surface area contributed by atoms with Crippen LogP contribution in [0.5, 0.6) is 0 Å². The van der Waals surface area contributed by atoms with Gasteiger partial charge in [-0.3, -0.25) is 9.80 Å². The second-order valence-electron chi connectivity index (χ2n) is 13.1. The third-order valence-electron chi connectivity index (χ3n) is 10.2. The average Bonchev–Trinajstić information content (AvgIpc) is 3.71. The molecule has 0 amide bonds. The fourth-order valence-electron chi connectivity index (χ4n) is 7.79. The van der Waals surface area contributed by atoms with Crippen molar-refractivity contribution in [1.29, 1.82) is 5.26 Å². The first-order chi connectivity index (χ1) is 23.1. The number of piperidine rings is 1. The van der Waals surface area contributed by atoms with Gasteiger partial charge in [-0.05, 0) is 61.9 Å². The number of nitrogens with one attached hydrogen (secondary N) is 1. The maximum atomic E-state index is 13.0. The number of nitrogens with zero attached hydrogens (tertiary/aromatic N) is 7. The van der Waals surface area contributed by atoms with Crippen LogP contribution < -0.4 is 5.32 Å². The lowest BCUT2D eigenvalue weighted by Gasteiger charge is -2.39. The van der Waals surface area contributed by atoms with Crippen molar-refractivity contribution in [3.8, 4) is 6.07 Å². The van der Waals surface area contributed by atoms with Crippen LogP contribution in [-0.4, -0.2) is 89.9 Å². The van der Waals surface area contributed by atoms with Gasteiger partial charge in [0.2, 0.25) is 0 Å². The molecule has 9 nitrogen and oxygen atoms in total. The summed E-state index contributed by atoms with van der Waals surface area (Å²) in [7, 11) is -1.13. The average molecular weight is 697 g/mol. The van der Waals surface area contributed by atoms with Gasteiger partial charge < -0.3 is 9.88 Å². The van der Waals surface area contributed by atoms with Crippen molar-refractivity contribution in [2.45, 2.75) is 76.4 Å². The first kappa shape index (κ1) is 33.2. The summed E-state index contributed by atoms with van der Waals surface area (Å²) in [5.74, 6) is 0.598. The number of anilines is 1. The number of thiophene rings is 1. The predicted molar refractivity (Wildman–Crippen MR) is 184 cm³/mol. The van der Waals surface area contributed by atoms with Crippen LogP contribution in [0.1, 0.15) is 47.4 Å². The van der Waals surface area contributed by atoms with Crippen LogP contribution in [0.3, 0.4) is 0 Å². The number of alkyl halides is 3. The van der Waals surface area contributed by atoms with E-state index < -0.39 is 23.6 Å². The van der Waals surface area contributed by atoms with Gasteiger partial charge in [0.15, 0.2) is 0 Å². The second kappa shape index (κ2) is 13.5. The van der Waals surface area contributed by atoms with Crippen molar-refractivity contribution in [1.82, 2.24) is 28.6 Å². The Morgan fingerprint density at radius 1 is 1.10 bits per heavy atom. The molecule has 3 aliphatic rings. The van der Waals surface area contributed by atoms with Gasteiger partial charge in [0.05, 0.1) is 11.8 Å². The summed E-state index contributed by atoms with van der Waals surface area (Å²) >= 11 is 1.07. The van der Waals surface area contributed by atoms with Gasteiger partial charge >= 0.3 is 6.18 Å². The topological polar surface area (TPSA) is 93.3 Å². The SMILES string of the molecule is C=CS(=O)N1CC2CCC(C1)N2CCn1c(C#N)cc2c(C)c(CN3CCC(Nc4ncnc5sc(CC(F)(F)F)cc45)CC3)ccc21. The third kappa shape index (κ3) is 6.76. The molecule has 3 aromatic heterocycles. The first-order valence-corrected chi connectivity index (χ1v) is 18.4. The summed E-state index contributed by atoms with van der Waals surface area (Å²) in [6, 6.07) is 11.3. The number of hydrogen-bond donors (Lipinski definition) is 1. The van der Waals surface area contributed by atoms with Crippen molar-refractivity contribution < 1.29 is 17.4 Å². The number of fused-ring (bicyclic) bond motifs is 4. The van der Waals surface area contributed by atoms with Crippen LogP contribution in [0, 0.1) is 18.3 Å². The Balaban J connectivity index is 0.980. The lowest BCUT2D eigenvalue weighted by molar-refractivity contribution is -0.126. The van der Waals surface area contributed by atoms with E-state index in [-0.39, 0.29) is 10.9 Å². The molecule has 1 aromatic carbocycles. The van der Waals surface area contributed by atoms with Crippen LogP contribution in [0.15, 0.2) is 42.6 Å². The van der Waals surface area contributed by atoms with Crippen molar-refractivity contribution >= 4 is 49.3 Å². The Labute approximate surface area is 284 Å². The van der Waals surface area contributed by atoms with Crippen molar-refractivity contribution in [3.05, 3.63) is 64.3 Å². The highest BCUT2D eigenvalue weighted by Gasteiger charge is 2.41. The van der Waals surface area contributed by atoms with E-state index in [1.165, 1.54) is 22.9 Å². The van der Waals surface area contributed by atoms with E-state index in [1.54, 1.807) is 6.07 Å². The van der Waals surface area contributed by atoms with E-state index >= 15 is 0 Å². The molecular weight excluding hydrogens is 658 g/mol. The number of halogens is 3. The van der Waals surface area contributed by atoms with Crippen LogP contribution in [0.25, 0.3) is 21.1 Å². The molecule has 6 heterocycles. The number of rotatable bonds is 10. The van der Waals surface area contributed by atoms with Crippen LogP contribution >= 0.6 is 11.3 Å². The summed E-state index contributed by atoms with van der Waals surface area (Å²) in [6.07, 6.45) is 0.188. The van der Waals surface area contributed by atoms with Crippen LogP contribution in [0.4, 0.5) is 19.0 Å². The Kier molecular flexibility index (Phi) is 9.34. The zero-order valence-electron chi connectivity index (χ0n) is 26.9. The number of piperazine rings is 1. The molecule has 4 aromatic rings. The van der Waals surface area contributed by atoms with Crippen molar-refractivity contribution in [2.75, 3.05) is 38.0 Å². The van der Waals surface area contributed by atoms with E-state index in [2.05, 4.69) is 61.4 Å². The molecule has 0 aliphatic carbocycles. The lowest BCUT2D eigenvalue weighted by atomic mass is 10.0. The van der Waals surface area contributed by atoms with Gasteiger partial charge in [0.25, 0.3) is 0 Å². The van der Waals surface area contributed by atoms with Gasteiger partial charge in [-0.1, -0.05) is 12.6 Å². The number of aromatic nitrogens is 3. The lowest BCUT2D eigenvalue weighted by Crippen LogP contribution is -2.54. The molecule has 0 radical (unpaired) electrons. The molecule has 3 fully saturated rings. The smallest absolute Gasteiger partial charge is 0.367 e. The molecule has 14 heteroatoms. The molecule has 254 valence electrons. The zero-order chi connectivity index (χ0) is 33.6. The minimum atomic E-state index is -4.26. The second-order valence-corrected chi connectivity index (χ2v) is 15.6. The Bertz CT molecular complexity index is 1880. The summed E-state index contributed by atoms with van der Waals surface area (Å²) < 4.78 is 55.4. The van der Waals surface area contributed by atoms with E-state index in [4.69, 9.17) is 0 Å². The normalized spacial score (nSPS) is 22.0. The Morgan fingerprint density at radius 2 is 1.85 bits per heavy atom. The maximum Gasteiger partial charge on any atom is 0.393 e. The molecule has 2 bridgehead atoms. The van der Waals surface area contributed by atoms with Crippen molar-refractivity contribution in [2.24, 2.45) is 0 Å². The Morgan fingerprint density at radius 3 is 2.54 bits per heavy atom.